The van der Waals surface area contributed by atoms with E-state index in [1.54, 1.807) is 12.4 Å². The Kier molecular flexibility index (Phi) is 2.27. The predicted molar refractivity (Wildman–Crippen MR) is 48.2 cm³/mol. The van der Waals surface area contributed by atoms with E-state index in [-0.39, 0.29) is 11.9 Å². The van der Waals surface area contributed by atoms with E-state index >= 15 is 0 Å². The lowest BCUT2D eigenvalue weighted by molar-refractivity contribution is -0.117. The first-order chi connectivity index (χ1) is 6.36. The highest BCUT2D eigenvalue weighted by atomic mass is 16.2. The first-order valence-electron chi connectivity index (χ1n) is 4.39. The van der Waals surface area contributed by atoms with Crippen molar-refractivity contribution in [2.24, 2.45) is 0 Å². The molecule has 1 fully saturated rings. The molecule has 1 amide bonds. The molecule has 1 aliphatic heterocycles. The Bertz CT molecular complexity index is 276. The van der Waals surface area contributed by atoms with Gasteiger partial charge in [0.25, 0.3) is 0 Å². The minimum atomic E-state index is -0.0325. The lowest BCUT2D eigenvalue weighted by Crippen LogP contribution is -2.35. The third-order valence-corrected chi connectivity index (χ3v) is 2.14. The van der Waals surface area contributed by atoms with Crippen molar-refractivity contribution >= 4 is 11.6 Å². The van der Waals surface area contributed by atoms with E-state index in [0.29, 0.717) is 0 Å². The molecule has 5 heteroatoms. The summed E-state index contributed by atoms with van der Waals surface area (Å²) in [6.07, 6.45) is 5.24. The molecule has 1 aliphatic rings. The van der Waals surface area contributed by atoms with Gasteiger partial charge in [0.2, 0.25) is 5.91 Å². The number of H-pyrrole nitrogens is 1. The van der Waals surface area contributed by atoms with Crippen LogP contribution < -0.4 is 10.6 Å². The van der Waals surface area contributed by atoms with E-state index in [9.17, 15) is 4.79 Å². The lowest BCUT2D eigenvalue weighted by Gasteiger charge is -2.08. The van der Waals surface area contributed by atoms with Crippen LogP contribution in [0.2, 0.25) is 0 Å². The number of carbonyl (C=O) groups is 1. The first-order valence-corrected chi connectivity index (χ1v) is 4.39. The molecule has 1 aromatic rings. The maximum atomic E-state index is 11.5. The van der Waals surface area contributed by atoms with Gasteiger partial charge in [0.15, 0.2) is 0 Å². The highest BCUT2D eigenvalue weighted by molar-refractivity contribution is 5.94. The number of carbonyl (C=O) groups excluding carboxylic acids is 1. The molecule has 1 saturated heterocycles. The fourth-order valence-corrected chi connectivity index (χ4v) is 1.46. The Balaban J connectivity index is 1.91. The quantitative estimate of drug-likeness (QED) is 0.604. The summed E-state index contributed by atoms with van der Waals surface area (Å²) in [7, 11) is 0. The monoisotopic (exact) mass is 180 g/mol. The first kappa shape index (κ1) is 8.25. The number of nitrogens with zero attached hydrogens (tertiary/aromatic N) is 1. The second-order valence-corrected chi connectivity index (χ2v) is 3.13. The van der Waals surface area contributed by atoms with Gasteiger partial charge < -0.3 is 10.6 Å². The molecule has 2 rings (SSSR count). The average molecular weight is 180 g/mol. The number of aromatic amines is 1. The van der Waals surface area contributed by atoms with Crippen molar-refractivity contribution in [3.63, 3.8) is 0 Å². The van der Waals surface area contributed by atoms with Crippen LogP contribution in [-0.4, -0.2) is 28.7 Å². The third kappa shape index (κ3) is 1.86. The van der Waals surface area contributed by atoms with Crippen molar-refractivity contribution in [3.05, 3.63) is 12.4 Å². The normalized spacial score (nSPS) is 21.7. The van der Waals surface area contributed by atoms with E-state index in [2.05, 4.69) is 20.8 Å². The van der Waals surface area contributed by atoms with Gasteiger partial charge in [-0.3, -0.25) is 9.89 Å². The molecule has 3 N–H and O–H groups in total. The van der Waals surface area contributed by atoms with Crippen molar-refractivity contribution in [1.29, 1.82) is 0 Å². The third-order valence-electron chi connectivity index (χ3n) is 2.14. The van der Waals surface area contributed by atoms with Crippen LogP contribution in [-0.2, 0) is 4.79 Å². The van der Waals surface area contributed by atoms with E-state index < -0.39 is 0 Å². The molecule has 0 bridgehead atoms. The van der Waals surface area contributed by atoms with Gasteiger partial charge in [-0.1, -0.05) is 0 Å². The number of hydrogen-bond acceptors (Lipinski definition) is 3. The van der Waals surface area contributed by atoms with Gasteiger partial charge in [-0.05, 0) is 19.4 Å². The van der Waals surface area contributed by atoms with Gasteiger partial charge >= 0.3 is 0 Å². The molecule has 1 aromatic heterocycles. The average Bonchev–Trinajstić information content (AvgIpc) is 2.74. The van der Waals surface area contributed by atoms with Crippen LogP contribution in [0.3, 0.4) is 0 Å². The summed E-state index contributed by atoms with van der Waals surface area (Å²) < 4.78 is 0. The molecule has 0 spiro atoms. The van der Waals surface area contributed by atoms with Crippen molar-refractivity contribution in [1.82, 2.24) is 15.5 Å². The zero-order chi connectivity index (χ0) is 9.10. The van der Waals surface area contributed by atoms with Crippen LogP contribution in [0.1, 0.15) is 12.8 Å². The molecule has 70 valence electrons. The van der Waals surface area contributed by atoms with Crippen LogP contribution in [0.25, 0.3) is 0 Å². The largest absolute Gasteiger partial charge is 0.322 e. The number of nitrogens with one attached hydrogen (secondary N) is 3. The molecule has 5 nitrogen and oxygen atoms in total. The second kappa shape index (κ2) is 3.57. The summed E-state index contributed by atoms with van der Waals surface area (Å²) in [5.74, 6) is 0.0268. The Hall–Kier alpha value is -1.36. The molecule has 2 heterocycles. The predicted octanol–water partition coefficient (Wildman–Crippen LogP) is 0.100. The molecule has 0 unspecified atom stereocenters. The topological polar surface area (TPSA) is 69.8 Å². The van der Waals surface area contributed by atoms with Crippen LogP contribution in [0.4, 0.5) is 5.69 Å². The van der Waals surface area contributed by atoms with Gasteiger partial charge in [-0.15, -0.1) is 0 Å². The molecule has 13 heavy (non-hydrogen) atoms. The Morgan fingerprint density at radius 3 is 3.23 bits per heavy atom. The number of hydrogen-bond donors (Lipinski definition) is 3. The van der Waals surface area contributed by atoms with Gasteiger partial charge in [-0.2, -0.15) is 5.10 Å². The standard InChI is InChI=1S/C8H12N4O/c13-8(7-2-1-3-9-7)12-6-4-10-11-5-6/h4-5,7,9H,1-3H2,(H,10,11)(H,12,13)/t7-/m0/s1. The van der Waals surface area contributed by atoms with Crippen LogP contribution >= 0.6 is 0 Å². The maximum absolute atomic E-state index is 11.5. The fraction of sp³-hybridized carbons (Fsp3) is 0.500. The SMILES string of the molecule is O=C(Nc1cn[nH]c1)[C@@H]1CCCN1. The van der Waals surface area contributed by atoms with Gasteiger partial charge in [-0.25, -0.2) is 0 Å². The molecular formula is C8H12N4O. The summed E-state index contributed by atoms with van der Waals surface area (Å²) in [6, 6.07) is -0.0325. The van der Waals surface area contributed by atoms with Crippen LogP contribution in [0, 0.1) is 0 Å². The van der Waals surface area contributed by atoms with E-state index in [4.69, 9.17) is 0 Å². The molecule has 0 aliphatic carbocycles. The molecule has 1 atom stereocenters. The van der Waals surface area contributed by atoms with E-state index in [0.717, 1.165) is 25.1 Å². The molecule has 0 saturated carbocycles. The highest BCUT2D eigenvalue weighted by Crippen LogP contribution is 2.08. The van der Waals surface area contributed by atoms with Crippen molar-refractivity contribution in [2.75, 3.05) is 11.9 Å². The fourth-order valence-electron chi connectivity index (χ4n) is 1.46. The summed E-state index contributed by atoms with van der Waals surface area (Å²) in [4.78, 5) is 11.5. The van der Waals surface area contributed by atoms with Crippen molar-refractivity contribution in [2.45, 2.75) is 18.9 Å². The Morgan fingerprint density at radius 2 is 2.62 bits per heavy atom. The zero-order valence-corrected chi connectivity index (χ0v) is 7.21. The van der Waals surface area contributed by atoms with Crippen molar-refractivity contribution in [3.8, 4) is 0 Å². The molecular weight excluding hydrogens is 168 g/mol. The Labute approximate surface area is 75.9 Å². The van der Waals surface area contributed by atoms with E-state index in [1.807, 2.05) is 0 Å². The van der Waals surface area contributed by atoms with E-state index in [1.165, 1.54) is 0 Å². The number of anilines is 1. The second-order valence-electron chi connectivity index (χ2n) is 3.13. The van der Waals surface area contributed by atoms with Gasteiger partial charge in [0.1, 0.15) is 0 Å². The van der Waals surface area contributed by atoms with Crippen LogP contribution in [0.5, 0.6) is 0 Å². The zero-order valence-electron chi connectivity index (χ0n) is 7.21. The minimum absolute atomic E-state index is 0.0268. The maximum Gasteiger partial charge on any atom is 0.241 e. The lowest BCUT2D eigenvalue weighted by atomic mass is 10.2. The molecule has 0 radical (unpaired) electrons. The summed E-state index contributed by atoms with van der Waals surface area (Å²) >= 11 is 0. The number of amides is 1. The van der Waals surface area contributed by atoms with Crippen LogP contribution in [0.15, 0.2) is 12.4 Å². The van der Waals surface area contributed by atoms with Gasteiger partial charge in [0, 0.05) is 6.20 Å². The molecule has 0 aromatic carbocycles. The van der Waals surface area contributed by atoms with Crippen molar-refractivity contribution < 1.29 is 4.79 Å². The summed E-state index contributed by atoms with van der Waals surface area (Å²) in [5, 5.41) is 12.3. The number of rotatable bonds is 2. The Morgan fingerprint density at radius 1 is 1.69 bits per heavy atom. The minimum Gasteiger partial charge on any atom is -0.322 e. The summed E-state index contributed by atoms with van der Waals surface area (Å²) in [6.45, 7) is 0.934. The summed E-state index contributed by atoms with van der Waals surface area (Å²) in [5.41, 5.74) is 0.721. The smallest absolute Gasteiger partial charge is 0.241 e. The number of aromatic nitrogens is 2. The highest BCUT2D eigenvalue weighted by Gasteiger charge is 2.21. The van der Waals surface area contributed by atoms with Gasteiger partial charge in [0.05, 0.1) is 17.9 Å².